The standard InChI is InChI=1S/C10H9N5O2/c1-5-12-3-2-7(14-5)9-13-4-6(10(16)17)8(11)15-9/h2-4H,1H3,(H,16,17)(H2,11,13,15). The van der Waals surface area contributed by atoms with E-state index in [1.165, 1.54) is 0 Å². The molecule has 0 aliphatic heterocycles. The zero-order chi connectivity index (χ0) is 12.4. The van der Waals surface area contributed by atoms with E-state index in [2.05, 4.69) is 19.9 Å². The summed E-state index contributed by atoms with van der Waals surface area (Å²) in [4.78, 5) is 26.6. The summed E-state index contributed by atoms with van der Waals surface area (Å²) in [6.07, 6.45) is 2.74. The number of nitrogens with two attached hydrogens (primary N) is 1. The average molecular weight is 231 g/mol. The van der Waals surface area contributed by atoms with Crippen molar-refractivity contribution in [2.75, 3.05) is 5.73 Å². The monoisotopic (exact) mass is 231 g/mol. The lowest BCUT2D eigenvalue weighted by Gasteiger charge is -2.03. The van der Waals surface area contributed by atoms with Crippen molar-refractivity contribution < 1.29 is 9.90 Å². The second-order valence-electron chi connectivity index (χ2n) is 3.29. The molecule has 0 saturated carbocycles. The molecule has 0 aliphatic rings. The molecule has 2 heterocycles. The lowest BCUT2D eigenvalue weighted by Crippen LogP contribution is -2.07. The van der Waals surface area contributed by atoms with Crippen molar-refractivity contribution in [2.24, 2.45) is 0 Å². The van der Waals surface area contributed by atoms with Gasteiger partial charge in [0, 0.05) is 12.4 Å². The maximum Gasteiger partial charge on any atom is 0.341 e. The minimum Gasteiger partial charge on any atom is -0.477 e. The Bertz CT molecular complexity index is 585. The summed E-state index contributed by atoms with van der Waals surface area (Å²) in [6.45, 7) is 1.73. The number of hydrogen-bond acceptors (Lipinski definition) is 6. The molecule has 0 fully saturated rings. The highest BCUT2D eigenvalue weighted by atomic mass is 16.4. The fraction of sp³-hybridized carbons (Fsp3) is 0.100. The fourth-order valence-electron chi connectivity index (χ4n) is 1.26. The first-order valence-electron chi connectivity index (χ1n) is 4.74. The molecule has 17 heavy (non-hydrogen) atoms. The average Bonchev–Trinajstić information content (AvgIpc) is 2.28. The van der Waals surface area contributed by atoms with Crippen LogP contribution >= 0.6 is 0 Å². The van der Waals surface area contributed by atoms with Crippen molar-refractivity contribution in [1.82, 2.24) is 19.9 Å². The molecule has 86 valence electrons. The van der Waals surface area contributed by atoms with Gasteiger partial charge >= 0.3 is 5.97 Å². The second-order valence-corrected chi connectivity index (χ2v) is 3.29. The van der Waals surface area contributed by atoms with E-state index >= 15 is 0 Å². The van der Waals surface area contributed by atoms with Crippen LogP contribution in [-0.4, -0.2) is 31.0 Å². The van der Waals surface area contributed by atoms with Gasteiger partial charge in [-0.3, -0.25) is 0 Å². The van der Waals surface area contributed by atoms with Gasteiger partial charge in [0.25, 0.3) is 0 Å². The van der Waals surface area contributed by atoms with Gasteiger partial charge < -0.3 is 10.8 Å². The molecule has 2 rings (SSSR count). The molecule has 7 heteroatoms. The van der Waals surface area contributed by atoms with Gasteiger partial charge in [-0.15, -0.1) is 0 Å². The minimum atomic E-state index is -1.16. The molecular weight excluding hydrogens is 222 g/mol. The molecule has 0 saturated heterocycles. The van der Waals surface area contributed by atoms with Gasteiger partial charge in [0.2, 0.25) is 0 Å². The number of aromatic nitrogens is 4. The number of carboxylic acid groups (broad SMARTS) is 1. The Hall–Kier alpha value is -2.57. The molecular formula is C10H9N5O2. The highest BCUT2D eigenvalue weighted by molar-refractivity contribution is 5.92. The van der Waals surface area contributed by atoms with Crippen molar-refractivity contribution in [3.63, 3.8) is 0 Å². The van der Waals surface area contributed by atoms with Crippen molar-refractivity contribution in [1.29, 1.82) is 0 Å². The maximum atomic E-state index is 10.7. The molecule has 2 aromatic rings. The van der Waals surface area contributed by atoms with Gasteiger partial charge in [-0.1, -0.05) is 0 Å². The predicted octanol–water partition coefficient (Wildman–Crippen LogP) is 0.522. The summed E-state index contributed by atoms with van der Waals surface area (Å²) in [5.74, 6) is -0.392. The van der Waals surface area contributed by atoms with Crippen LogP contribution in [0.25, 0.3) is 11.5 Å². The first kappa shape index (κ1) is 10.9. The molecule has 0 unspecified atom stereocenters. The maximum absolute atomic E-state index is 10.7. The van der Waals surface area contributed by atoms with E-state index in [1.54, 1.807) is 19.2 Å². The fourth-order valence-corrected chi connectivity index (χ4v) is 1.26. The number of hydrogen-bond donors (Lipinski definition) is 2. The lowest BCUT2D eigenvalue weighted by molar-refractivity contribution is 0.0697. The zero-order valence-corrected chi connectivity index (χ0v) is 8.95. The summed E-state index contributed by atoms with van der Waals surface area (Å²) >= 11 is 0. The Morgan fingerprint density at radius 1 is 1.35 bits per heavy atom. The van der Waals surface area contributed by atoms with Crippen molar-refractivity contribution in [3.8, 4) is 11.5 Å². The molecule has 0 spiro atoms. The summed E-state index contributed by atoms with van der Waals surface area (Å²) in [7, 11) is 0. The number of carbonyl (C=O) groups is 1. The molecule has 2 aromatic heterocycles. The van der Waals surface area contributed by atoms with Gasteiger partial charge in [-0.25, -0.2) is 24.7 Å². The number of carboxylic acids is 1. The quantitative estimate of drug-likeness (QED) is 0.774. The van der Waals surface area contributed by atoms with Crippen LogP contribution in [-0.2, 0) is 0 Å². The third-order valence-electron chi connectivity index (χ3n) is 2.05. The molecule has 0 amide bonds. The van der Waals surface area contributed by atoms with Crippen LogP contribution in [0.4, 0.5) is 5.82 Å². The third-order valence-corrected chi connectivity index (χ3v) is 2.05. The summed E-state index contributed by atoms with van der Waals surface area (Å²) in [5, 5.41) is 8.79. The minimum absolute atomic E-state index is 0.0845. The van der Waals surface area contributed by atoms with E-state index in [0.29, 0.717) is 11.5 Å². The molecule has 0 radical (unpaired) electrons. The molecule has 0 bridgehead atoms. The number of nitrogen functional groups attached to an aromatic ring is 1. The first-order chi connectivity index (χ1) is 8.08. The van der Waals surface area contributed by atoms with E-state index in [-0.39, 0.29) is 17.2 Å². The second kappa shape index (κ2) is 4.12. The Kier molecular flexibility index (Phi) is 2.65. The Morgan fingerprint density at radius 2 is 2.12 bits per heavy atom. The van der Waals surface area contributed by atoms with Crippen LogP contribution in [0.2, 0.25) is 0 Å². The number of nitrogens with zero attached hydrogens (tertiary/aromatic N) is 4. The summed E-state index contributed by atoms with van der Waals surface area (Å²) in [6, 6.07) is 1.63. The van der Waals surface area contributed by atoms with Gasteiger partial charge in [0.1, 0.15) is 22.9 Å². The summed E-state index contributed by atoms with van der Waals surface area (Å²) < 4.78 is 0. The first-order valence-corrected chi connectivity index (χ1v) is 4.74. The Morgan fingerprint density at radius 3 is 2.71 bits per heavy atom. The molecule has 7 nitrogen and oxygen atoms in total. The van der Waals surface area contributed by atoms with Crippen LogP contribution in [0.1, 0.15) is 16.2 Å². The number of aromatic carboxylic acids is 1. The van der Waals surface area contributed by atoms with E-state index < -0.39 is 5.97 Å². The van der Waals surface area contributed by atoms with Crippen molar-refractivity contribution >= 4 is 11.8 Å². The molecule has 3 N–H and O–H groups in total. The number of anilines is 1. The van der Waals surface area contributed by atoms with Crippen molar-refractivity contribution in [3.05, 3.63) is 29.8 Å². The molecule has 0 atom stereocenters. The topological polar surface area (TPSA) is 115 Å². The third kappa shape index (κ3) is 2.17. The van der Waals surface area contributed by atoms with Crippen LogP contribution in [0.5, 0.6) is 0 Å². The van der Waals surface area contributed by atoms with E-state index in [0.717, 1.165) is 6.20 Å². The van der Waals surface area contributed by atoms with Gasteiger partial charge in [0.05, 0.1) is 0 Å². The Balaban J connectivity index is 2.48. The predicted molar refractivity (Wildman–Crippen MR) is 59.2 cm³/mol. The summed E-state index contributed by atoms with van der Waals surface area (Å²) in [5.41, 5.74) is 5.90. The Labute approximate surface area is 96.4 Å². The zero-order valence-electron chi connectivity index (χ0n) is 8.95. The number of rotatable bonds is 2. The highest BCUT2D eigenvalue weighted by Crippen LogP contribution is 2.15. The van der Waals surface area contributed by atoms with Gasteiger partial charge in [-0.2, -0.15) is 0 Å². The van der Waals surface area contributed by atoms with Crippen LogP contribution in [0.3, 0.4) is 0 Å². The highest BCUT2D eigenvalue weighted by Gasteiger charge is 2.12. The van der Waals surface area contributed by atoms with E-state index in [4.69, 9.17) is 10.8 Å². The van der Waals surface area contributed by atoms with Crippen LogP contribution in [0.15, 0.2) is 18.5 Å². The smallest absolute Gasteiger partial charge is 0.341 e. The lowest BCUT2D eigenvalue weighted by atomic mass is 10.3. The number of aryl methyl sites for hydroxylation is 1. The molecule has 0 aromatic carbocycles. The van der Waals surface area contributed by atoms with E-state index in [9.17, 15) is 4.79 Å². The largest absolute Gasteiger partial charge is 0.477 e. The SMILES string of the molecule is Cc1nccc(-c2ncc(C(=O)O)c(N)n2)n1. The van der Waals surface area contributed by atoms with Gasteiger partial charge in [0.15, 0.2) is 5.82 Å². The van der Waals surface area contributed by atoms with Crippen molar-refractivity contribution in [2.45, 2.75) is 6.92 Å². The normalized spacial score (nSPS) is 10.2. The van der Waals surface area contributed by atoms with Crippen LogP contribution < -0.4 is 5.73 Å². The molecule has 0 aliphatic carbocycles. The van der Waals surface area contributed by atoms with E-state index in [1.807, 2.05) is 0 Å². The van der Waals surface area contributed by atoms with Gasteiger partial charge in [-0.05, 0) is 13.0 Å². The van der Waals surface area contributed by atoms with Crippen LogP contribution in [0, 0.1) is 6.92 Å².